The van der Waals surface area contributed by atoms with Crippen molar-refractivity contribution in [2.45, 2.75) is 19.3 Å². The van der Waals surface area contributed by atoms with E-state index in [0.29, 0.717) is 39.3 Å². The summed E-state index contributed by atoms with van der Waals surface area (Å²) in [6.07, 6.45) is 0.0650. The van der Waals surface area contributed by atoms with Crippen molar-refractivity contribution in [2.24, 2.45) is 0 Å². The third-order valence-electron chi connectivity index (χ3n) is 5.24. The smallest absolute Gasteiger partial charge is 0.336 e. The molecule has 4 rings (SSSR count). The summed E-state index contributed by atoms with van der Waals surface area (Å²) in [5, 5.41) is 34.1. The Kier molecular flexibility index (Phi) is 5.67. The quantitative estimate of drug-likeness (QED) is 0.441. The van der Waals surface area contributed by atoms with Gasteiger partial charge in [-0.25, -0.2) is 9.78 Å². The topological polar surface area (TPSA) is 128 Å². The molecule has 0 saturated carbocycles. The molecule has 0 spiro atoms. The summed E-state index contributed by atoms with van der Waals surface area (Å²) in [5.41, 5.74) is 3.51. The molecular formula is C23H18N4O4S. The van der Waals surface area contributed by atoms with Crippen molar-refractivity contribution in [3.63, 3.8) is 0 Å². The van der Waals surface area contributed by atoms with Gasteiger partial charge in [0.05, 0.1) is 64.2 Å². The Morgan fingerprint density at radius 1 is 1.34 bits per heavy atom. The van der Waals surface area contributed by atoms with Gasteiger partial charge in [-0.1, -0.05) is 6.07 Å². The molecule has 3 heterocycles. The molecule has 3 aromatic rings. The number of methoxy groups -OCH3 is 1. The lowest BCUT2D eigenvalue weighted by Crippen LogP contribution is -2.25. The van der Waals surface area contributed by atoms with Crippen molar-refractivity contribution in [1.82, 2.24) is 4.98 Å². The molecule has 8 nitrogen and oxygen atoms in total. The number of hydrogen-bond acceptors (Lipinski definition) is 9. The lowest BCUT2D eigenvalue weighted by molar-refractivity contribution is -0.139. The van der Waals surface area contributed by atoms with Gasteiger partial charge in [-0.05, 0) is 30.5 Å². The van der Waals surface area contributed by atoms with Crippen LogP contribution >= 0.6 is 11.3 Å². The van der Waals surface area contributed by atoms with Crippen LogP contribution < -0.4 is 10.1 Å². The third-order valence-corrected chi connectivity index (χ3v) is 6.16. The lowest BCUT2D eigenvalue weighted by Gasteiger charge is -2.31. The maximum atomic E-state index is 13.1. The Morgan fingerprint density at radius 3 is 2.88 bits per heavy atom. The second-order valence-electron chi connectivity index (χ2n) is 7.07. The highest BCUT2D eigenvalue weighted by molar-refractivity contribution is 7.17. The number of pyridine rings is 1. The summed E-state index contributed by atoms with van der Waals surface area (Å²) < 4.78 is 11.7. The zero-order valence-electron chi connectivity index (χ0n) is 17.3. The van der Waals surface area contributed by atoms with Gasteiger partial charge in [0.25, 0.3) is 0 Å². The van der Waals surface area contributed by atoms with Gasteiger partial charge in [-0.15, -0.1) is 11.3 Å². The number of nitrogens with one attached hydrogen (secondary N) is 1. The van der Waals surface area contributed by atoms with Gasteiger partial charge >= 0.3 is 5.97 Å². The fourth-order valence-electron chi connectivity index (χ4n) is 3.87. The second-order valence-corrected chi connectivity index (χ2v) is 7.98. The number of aromatic hydroxyl groups is 1. The number of nitriles is 2. The Morgan fingerprint density at radius 2 is 2.16 bits per heavy atom. The molecule has 1 aliphatic heterocycles. The molecule has 2 N–H and O–H groups in total. The molecule has 0 aliphatic carbocycles. The number of nitrogens with zero attached hydrogens (tertiary/aromatic N) is 3. The molecule has 0 radical (unpaired) electrons. The highest BCUT2D eigenvalue weighted by Crippen LogP contribution is 2.50. The lowest BCUT2D eigenvalue weighted by atomic mass is 9.80. The number of esters is 1. The van der Waals surface area contributed by atoms with Gasteiger partial charge in [0, 0.05) is 11.3 Å². The van der Waals surface area contributed by atoms with Crippen LogP contribution in [0.3, 0.4) is 0 Å². The first-order valence-corrected chi connectivity index (χ1v) is 10.6. The molecular weight excluding hydrogens is 428 g/mol. The van der Waals surface area contributed by atoms with Crippen LogP contribution in [0, 0.1) is 22.7 Å². The third kappa shape index (κ3) is 3.49. The fourth-order valence-corrected chi connectivity index (χ4v) is 4.71. The highest BCUT2D eigenvalue weighted by atomic mass is 32.1. The molecule has 0 fully saturated rings. The van der Waals surface area contributed by atoms with E-state index in [1.165, 1.54) is 18.4 Å². The van der Waals surface area contributed by atoms with Crippen LogP contribution in [0.4, 0.5) is 5.69 Å². The number of carbonyl (C=O) groups excluding carboxylic acids is 1. The number of ether oxygens (including phenoxy) is 2. The fraction of sp³-hybridized carbons (Fsp3) is 0.217. The standard InChI is InChI=1S/C23H18N4O4S/c1-12-17(23(29)31-8-3-7-24)18(14-5-4-13(11-25)10-16(14)30-2)19-20(26-12)21-15(6-9-32-21)27-22(19)28/h4-6,9-10,18,26H,3,8H2,1-2H3,(H,27,28). The predicted molar refractivity (Wildman–Crippen MR) is 118 cm³/mol. The maximum Gasteiger partial charge on any atom is 0.336 e. The van der Waals surface area contributed by atoms with Crippen molar-refractivity contribution in [3.8, 4) is 23.8 Å². The molecule has 32 heavy (non-hydrogen) atoms. The SMILES string of the molecule is COc1cc(C#N)ccc1C1C(C(=O)OCCC#N)=C(C)Nc2c1c(O)nc1ccsc21. The van der Waals surface area contributed by atoms with E-state index in [9.17, 15) is 15.2 Å². The van der Waals surface area contributed by atoms with E-state index in [1.54, 1.807) is 25.1 Å². The van der Waals surface area contributed by atoms with E-state index in [2.05, 4.69) is 16.4 Å². The normalized spacial score (nSPS) is 14.8. The van der Waals surface area contributed by atoms with Gasteiger partial charge in [0.2, 0.25) is 5.88 Å². The predicted octanol–water partition coefficient (Wildman–Crippen LogP) is 4.17. The first-order valence-electron chi connectivity index (χ1n) is 9.70. The number of aromatic nitrogens is 1. The number of carbonyl (C=O) groups is 1. The average molecular weight is 446 g/mol. The van der Waals surface area contributed by atoms with Crippen LogP contribution in [0.25, 0.3) is 10.2 Å². The zero-order valence-corrected chi connectivity index (χ0v) is 18.1. The second kappa shape index (κ2) is 8.58. The van der Waals surface area contributed by atoms with E-state index in [-0.39, 0.29) is 24.5 Å². The minimum Gasteiger partial charge on any atom is -0.496 e. The van der Waals surface area contributed by atoms with Crippen LogP contribution in [0.15, 0.2) is 40.9 Å². The summed E-state index contributed by atoms with van der Waals surface area (Å²) in [4.78, 5) is 17.4. The summed E-state index contributed by atoms with van der Waals surface area (Å²) in [7, 11) is 1.48. The Hall–Kier alpha value is -4.08. The van der Waals surface area contributed by atoms with E-state index < -0.39 is 11.9 Å². The number of allylic oxidation sites excluding steroid dienone is 1. The van der Waals surface area contributed by atoms with Gasteiger partial charge in [0.1, 0.15) is 12.4 Å². The Bertz CT molecular complexity index is 1350. The summed E-state index contributed by atoms with van der Waals surface area (Å²) in [6.45, 7) is 1.70. The first-order chi connectivity index (χ1) is 15.5. The molecule has 1 atom stereocenters. The monoisotopic (exact) mass is 446 g/mol. The zero-order chi connectivity index (χ0) is 22.8. The number of hydrogen-bond donors (Lipinski definition) is 2. The van der Waals surface area contributed by atoms with Gasteiger partial charge in [-0.3, -0.25) is 0 Å². The van der Waals surface area contributed by atoms with Gasteiger partial charge < -0.3 is 19.9 Å². The summed E-state index contributed by atoms with van der Waals surface area (Å²) in [5.74, 6) is -1.20. The molecule has 1 aromatic carbocycles. The minimum atomic E-state index is -0.762. The minimum absolute atomic E-state index is 0.0512. The number of rotatable bonds is 5. The molecule has 160 valence electrons. The van der Waals surface area contributed by atoms with Gasteiger partial charge in [-0.2, -0.15) is 10.5 Å². The molecule has 0 amide bonds. The van der Waals surface area contributed by atoms with E-state index in [4.69, 9.17) is 14.7 Å². The van der Waals surface area contributed by atoms with E-state index in [1.807, 2.05) is 17.5 Å². The Labute approximate surface area is 188 Å². The highest BCUT2D eigenvalue weighted by Gasteiger charge is 2.38. The Balaban J connectivity index is 1.97. The average Bonchev–Trinajstić information content (AvgIpc) is 3.26. The van der Waals surface area contributed by atoms with Crippen LogP contribution in [0.5, 0.6) is 11.6 Å². The van der Waals surface area contributed by atoms with E-state index in [0.717, 1.165) is 4.70 Å². The largest absolute Gasteiger partial charge is 0.496 e. The van der Waals surface area contributed by atoms with Crippen LogP contribution in [-0.4, -0.2) is 29.8 Å². The number of thiophene rings is 1. The molecule has 9 heteroatoms. The van der Waals surface area contributed by atoms with Crippen LogP contribution in [-0.2, 0) is 9.53 Å². The van der Waals surface area contributed by atoms with E-state index >= 15 is 0 Å². The van der Waals surface area contributed by atoms with Crippen molar-refractivity contribution in [2.75, 3.05) is 19.0 Å². The van der Waals surface area contributed by atoms with Crippen LogP contribution in [0.2, 0.25) is 0 Å². The van der Waals surface area contributed by atoms with Crippen molar-refractivity contribution >= 4 is 33.2 Å². The molecule has 2 aromatic heterocycles. The molecule has 1 unspecified atom stereocenters. The molecule has 0 saturated heterocycles. The maximum absolute atomic E-state index is 13.1. The first kappa shape index (κ1) is 21.2. The molecule has 0 bridgehead atoms. The molecule has 1 aliphatic rings. The van der Waals surface area contributed by atoms with Crippen molar-refractivity contribution < 1.29 is 19.4 Å². The number of fused-ring (bicyclic) bond motifs is 3. The van der Waals surface area contributed by atoms with Crippen LogP contribution in [0.1, 0.15) is 36.0 Å². The van der Waals surface area contributed by atoms with Crippen molar-refractivity contribution in [3.05, 3.63) is 57.6 Å². The van der Waals surface area contributed by atoms with Gasteiger partial charge in [0.15, 0.2) is 0 Å². The van der Waals surface area contributed by atoms with Crippen molar-refractivity contribution in [1.29, 1.82) is 10.5 Å². The number of benzene rings is 1. The number of anilines is 1. The summed E-state index contributed by atoms with van der Waals surface area (Å²) >= 11 is 1.47. The summed E-state index contributed by atoms with van der Waals surface area (Å²) in [6, 6.07) is 10.7.